The van der Waals surface area contributed by atoms with Crippen molar-refractivity contribution in [2.24, 2.45) is 5.92 Å². The average molecular weight is 273 g/mol. The van der Waals surface area contributed by atoms with Crippen molar-refractivity contribution in [3.63, 3.8) is 0 Å². The summed E-state index contributed by atoms with van der Waals surface area (Å²) in [6, 6.07) is 0.436. The second-order valence-corrected chi connectivity index (χ2v) is 8.07. The number of sulfone groups is 1. The van der Waals surface area contributed by atoms with Crippen LogP contribution in [0, 0.1) is 5.92 Å². The normalized spacial score (nSPS) is 43.1. The molecular formula is C12H19NO4S. The molecule has 0 aliphatic carbocycles. The highest BCUT2D eigenvalue weighted by Crippen LogP contribution is 2.44. The molecule has 3 saturated heterocycles. The van der Waals surface area contributed by atoms with Gasteiger partial charge in [0.15, 0.2) is 9.84 Å². The monoisotopic (exact) mass is 273 g/mol. The summed E-state index contributed by atoms with van der Waals surface area (Å²) in [4.78, 5) is 13.4. The minimum absolute atomic E-state index is 0.0607. The number of carbonyl (C=O) groups is 1. The molecule has 102 valence electrons. The maximum atomic E-state index is 11.7. The van der Waals surface area contributed by atoms with Gasteiger partial charge in [-0.2, -0.15) is 0 Å². The summed E-state index contributed by atoms with van der Waals surface area (Å²) in [7, 11) is -2.92. The lowest BCUT2D eigenvalue weighted by Crippen LogP contribution is -2.47. The number of aliphatic carboxylic acids is 1. The molecule has 0 aromatic heterocycles. The number of carboxylic acids is 1. The van der Waals surface area contributed by atoms with E-state index in [0.29, 0.717) is 18.2 Å². The third-order valence-electron chi connectivity index (χ3n) is 4.77. The molecule has 18 heavy (non-hydrogen) atoms. The first kappa shape index (κ1) is 12.4. The zero-order valence-corrected chi connectivity index (χ0v) is 11.1. The molecule has 5 nitrogen and oxygen atoms in total. The number of rotatable bonds is 2. The lowest BCUT2D eigenvalue weighted by Gasteiger charge is -2.34. The van der Waals surface area contributed by atoms with E-state index in [0.717, 1.165) is 25.7 Å². The zero-order chi connectivity index (χ0) is 12.9. The second-order valence-electron chi connectivity index (χ2n) is 5.84. The van der Waals surface area contributed by atoms with E-state index in [9.17, 15) is 18.3 Å². The van der Waals surface area contributed by atoms with Crippen LogP contribution in [0.25, 0.3) is 0 Å². The highest BCUT2D eigenvalue weighted by atomic mass is 32.2. The van der Waals surface area contributed by atoms with Crippen molar-refractivity contribution in [3.8, 4) is 0 Å². The second kappa shape index (κ2) is 4.20. The van der Waals surface area contributed by atoms with Gasteiger partial charge in [0.2, 0.25) is 0 Å². The summed E-state index contributed by atoms with van der Waals surface area (Å²) >= 11 is 0. The number of hydrogen-bond acceptors (Lipinski definition) is 4. The van der Waals surface area contributed by atoms with Gasteiger partial charge in [-0.1, -0.05) is 0 Å². The molecule has 0 aromatic carbocycles. The van der Waals surface area contributed by atoms with Gasteiger partial charge in [-0.15, -0.1) is 0 Å². The molecule has 0 amide bonds. The van der Waals surface area contributed by atoms with Crippen molar-refractivity contribution < 1.29 is 18.3 Å². The van der Waals surface area contributed by atoms with Gasteiger partial charge < -0.3 is 5.11 Å². The van der Waals surface area contributed by atoms with Gasteiger partial charge in [0.25, 0.3) is 0 Å². The Morgan fingerprint density at radius 3 is 2.56 bits per heavy atom. The molecule has 3 aliphatic rings. The molecule has 3 rings (SSSR count). The maximum Gasteiger partial charge on any atom is 0.308 e. The summed E-state index contributed by atoms with van der Waals surface area (Å²) in [6.45, 7) is 0. The van der Waals surface area contributed by atoms with Crippen molar-refractivity contribution >= 4 is 15.8 Å². The van der Waals surface area contributed by atoms with Crippen LogP contribution in [0.2, 0.25) is 0 Å². The van der Waals surface area contributed by atoms with Crippen LogP contribution in [-0.2, 0) is 14.6 Å². The Hall–Kier alpha value is -0.620. The predicted octanol–water partition coefficient (Wildman–Crippen LogP) is 0.501. The van der Waals surface area contributed by atoms with Gasteiger partial charge in [-0.25, -0.2) is 8.42 Å². The molecule has 0 radical (unpaired) electrons. The quantitative estimate of drug-likeness (QED) is 0.793. The van der Waals surface area contributed by atoms with Crippen LogP contribution in [0.15, 0.2) is 0 Å². The van der Waals surface area contributed by atoms with Crippen molar-refractivity contribution in [3.05, 3.63) is 0 Å². The first-order chi connectivity index (χ1) is 8.48. The molecule has 3 aliphatic heterocycles. The van der Waals surface area contributed by atoms with E-state index in [4.69, 9.17) is 0 Å². The fourth-order valence-electron chi connectivity index (χ4n) is 4.10. The third-order valence-corrected chi connectivity index (χ3v) is 6.57. The molecule has 0 saturated carbocycles. The van der Waals surface area contributed by atoms with Gasteiger partial charge >= 0.3 is 5.97 Å². The predicted molar refractivity (Wildman–Crippen MR) is 66.1 cm³/mol. The lowest BCUT2D eigenvalue weighted by molar-refractivity contribution is -0.142. The molecule has 1 N–H and O–H groups in total. The Morgan fingerprint density at radius 2 is 1.94 bits per heavy atom. The Labute approximate surface area is 107 Å². The largest absolute Gasteiger partial charge is 0.481 e. The van der Waals surface area contributed by atoms with Crippen LogP contribution in [0.5, 0.6) is 0 Å². The van der Waals surface area contributed by atoms with E-state index in [-0.39, 0.29) is 23.8 Å². The van der Waals surface area contributed by atoms with Gasteiger partial charge in [0, 0.05) is 18.1 Å². The van der Waals surface area contributed by atoms with E-state index in [1.807, 2.05) is 0 Å². The van der Waals surface area contributed by atoms with E-state index in [2.05, 4.69) is 4.90 Å². The highest BCUT2D eigenvalue weighted by Gasteiger charge is 2.52. The van der Waals surface area contributed by atoms with Crippen LogP contribution in [-0.4, -0.2) is 54.0 Å². The summed E-state index contributed by atoms with van der Waals surface area (Å²) in [5, 5.41) is 9.21. The number of nitrogens with zero attached hydrogens (tertiary/aromatic N) is 1. The Morgan fingerprint density at radius 1 is 1.17 bits per heavy atom. The number of fused-ring (bicyclic) bond motifs is 2. The first-order valence-electron chi connectivity index (χ1n) is 6.68. The smallest absolute Gasteiger partial charge is 0.308 e. The number of carboxylic acid groups (broad SMARTS) is 1. The van der Waals surface area contributed by atoms with Crippen LogP contribution in [0.1, 0.15) is 32.1 Å². The Bertz CT molecular complexity index is 461. The fraction of sp³-hybridized carbons (Fsp3) is 0.917. The van der Waals surface area contributed by atoms with Crippen LogP contribution in [0.4, 0.5) is 0 Å². The van der Waals surface area contributed by atoms with Crippen molar-refractivity contribution in [1.29, 1.82) is 0 Å². The van der Waals surface area contributed by atoms with Gasteiger partial charge in [-0.3, -0.25) is 9.69 Å². The molecule has 4 unspecified atom stereocenters. The molecule has 3 fully saturated rings. The van der Waals surface area contributed by atoms with Crippen LogP contribution in [0.3, 0.4) is 0 Å². The SMILES string of the molecule is O=C(O)C1CC2CCC1N2C1CCCS(=O)(=O)C1. The Balaban J connectivity index is 1.79. The maximum absolute atomic E-state index is 11.7. The van der Waals surface area contributed by atoms with Crippen LogP contribution < -0.4 is 0 Å². The summed E-state index contributed by atoms with van der Waals surface area (Å²) in [5.41, 5.74) is 0. The molecule has 2 bridgehead atoms. The zero-order valence-electron chi connectivity index (χ0n) is 10.3. The third kappa shape index (κ3) is 1.95. The highest BCUT2D eigenvalue weighted by molar-refractivity contribution is 7.91. The van der Waals surface area contributed by atoms with Gasteiger partial charge in [-0.05, 0) is 32.1 Å². The molecule has 3 heterocycles. The standard InChI is InChI=1S/C12H19NO4S/c14-12(15)10-6-8-3-4-11(10)13(8)9-2-1-5-18(16,17)7-9/h8-11H,1-7H2,(H,14,15). The van der Waals surface area contributed by atoms with Gasteiger partial charge in [0.05, 0.1) is 17.4 Å². The summed E-state index contributed by atoms with van der Waals surface area (Å²) < 4.78 is 23.4. The topological polar surface area (TPSA) is 74.7 Å². The van der Waals surface area contributed by atoms with Crippen LogP contribution >= 0.6 is 0 Å². The molecular weight excluding hydrogens is 254 g/mol. The van der Waals surface area contributed by atoms with Crippen molar-refractivity contribution in [1.82, 2.24) is 4.90 Å². The van der Waals surface area contributed by atoms with Crippen molar-refractivity contribution in [2.75, 3.05) is 11.5 Å². The number of hydrogen-bond donors (Lipinski definition) is 1. The molecule has 4 atom stereocenters. The van der Waals surface area contributed by atoms with E-state index in [1.54, 1.807) is 0 Å². The van der Waals surface area contributed by atoms with Crippen molar-refractivity contribution in [2.45, 2.75) is 50.2 Å². The summed E-state index contributed by atoms with van der Waals surface area (Å²) in [6.07, 6.45) is 4.28. The average Bonchev–Trinajstić information content (AvgIpc) is 2.84. The summed E-state index contributed by atoms with van der Waals surface area (Å²) in [5.74, 6) is -0.472. The fourth-order valence-corrected chi connectivity index (χ4v) is 5.80. The molecule has 6 heteroatoms. The molecule has 0 aromatic rings. The van der Waals surface area contributed by atoms with E-state index >= 15 is 0 Å². The van der Waals surface area contributed by atoms with Gasteiger partial charge in [0.1, 0.15) is 0 Å². The Kier molecular flexibility index (Phi) is 2.90. The molecule has 0 spiro atoms. The van der Waals surface area contributed by atoms with E-state index in [1.165, 1.54) is 0 Å². The minimum atomic E-state index is -2.92. The first-order valence-corrected chi connectivity index (χ1v) is 8.51. The van der Waals surface area contributed by atoms with E-state index < -0.39 is 15.8 Å². The lowest BCUT2D eigenvalue weighted by atomic mass is 9.89. The minimum Gasteiger partial charge on any atom is -0.481 e.